The Balaban J connectivity index is 1.49. The quantitative estimate of drug-likeness (QED) is 0.612. The zero-order chi connectivity index (χ0) is 19.5. The number of hydrogen-bond acceptors (Lipinski definition) is 7. The third-order valence-electron chi connectivity index (χ3n) is 4.93. The standard InChI is InChI=1S/C19H23N7OS/c1-23-17(15-6-3-4-7-16(15)27-2)22-26(19(23)28)14-24-10-12-25(13-11-24)18-20-8-5-9-21-18/h3-9H,10-14H2,1-2H3. The highest BCUT2D eigenvalue weighted by Gasteiger charge is 2.21. The number of ether oxygens (including phenoxy) is 1. The Morgan fingerprint density at radius 1 is 1.04 bits per heavy atom. The molecule has 1 fully saturated rings. The third-order valence-corrected chi connectivity index (χ3v) is 5.41. The van der Waals surface area contributed by atoms with Crippen molar-refractivity contribution < 1.29 is 4.74 Å². The van der Waals surface area contributed by atoms with Crippen LogP contribution in [0, 0.1) is 4.77 Å². The van der Waals surface area contributed by atoms with Gasteiger partial charge in [-0.3, -0.25) is 4.90 Å². The van der Waals surface area contributed by atoms with Crippen LogP contribution in [0.4, 0.5) is 5.95 Å². The van der Waals surface area contributed by atoms with Crippen molar-refractivity contribution in [1.82, 2.24) is 29.2 Å². The van der Waals surface area contributed by atoms with Crippen molar-refractivity contribution in [3.8, 4) is 17.1 Å². The highest BCUT2D eigenvalue weighted by Crippen LogP contribution is 2.28. The van der Waals surface area contributed by atoms with Gasteiger partial charge in [-0.2, -0.15) is 5.10 Å². The Morgan fingerprint density at radius 3 is 2.46 bits per heavy atom. The highest BCUT2D eigenvalue weighted by molar-refractivity contribution is 7.71. The fourth-order valence-corrected chi connectivity index (χ4v) is 3.56. The molecule has 0 bridgehead atoms. The van der Waals surface area contributed by atoms with E-state index in [4.69, 9.17) is 22.1 Å². The number of anilines is 1. The van der Waals surface area contributed by atoms with Crippen molar-refractivity contribution in [2.24, 2.45) is 7.05 Å². The molecule has 0 N–H and O–H groups in total. The lowest BCUT2D eigenvalue weighted by Gasteiger charge is -2.34. The molecule has 9 heteroatoms. The summed E-state index contributed by atoms with van der Waals surface area (Å²) >= 11 is 5.63. The summed E-state index contributed by atoms with van der Waals surface area (Å²) in [7, 11) is 3.61. The van der Waals surface area contributed by atoms with E-state index in [9.17, 15) is 0 Å². The third kappa shape index (κ3) is 3.63. The topological polar surface area (TPSA) is 64.2 Å². The lowest BCUT2D eigenvalue weighted by Crippen LogP contribution is -2.47. The smallest absolute Gasteiger partial charge is 0.225 e. The van der Waals surface area contributed by atoms with Gasteiger partial charge in [0.05, 0.1) is 19.3 Å². The van der Waals surface area contributed by atoms with Gasteiger partial charge in [-0.1, -0.05) is 12.1 Å². The molecule has 146 valence electrons. The summed E-state index contributed by atoms with van der Waals surface area (Å²) in [5.41, 5.74) is 0.934. The van der Waals surface area contributed by atoms with Crippen LogP contribution in [0.3, 0.4) is 0 Å². The largest absolute Gasteiger partial charge is 0.496 e. The fourth-order valence-electron chi connectivity index (χ4n) is 3.38. The zero-order valence-corrected chi connectivity index (χ0v) is 16.8. The van der Waals surface area contributed by atoms with Gasteiger partial charge in [-0.15, -0.1) is 0 Å². The molecule has 4 rings (SSSR count). The number of rotatable bonds is 5. The van der Waals surface area contributed by atoms with Gasteiger partial charge in [-0.05, 0) is 30.4 Å². The molecule has 0 spiro atoms. The Kier molecular flexibility index (Phi) is 5.36. The van der Waals surface area contributed by atoms with E-state index in [1.165, 1.54) is 0 Å². The van der Waals surface area contributed by atoms with Gasteiger partial charge in [0.15, 0.2) is 10.6 Å². The summed E-state index contributed by atoms with van der Waals surface area (Å²) in [5.74, 6) is 2.38. The van der Waals surface area contributed by atoms with Crippen molar-refractivity contribution in [3.05, 3.63) is 47.5 Å². The molecule has 0 unspecified atom stereocenters. The van der Waals surface area contributed by atoms with Crippen molar-refractivity contribution in [1.29, 1.82) is 0 Å². The van der Waals surface area contributed by atoms with Crippen LogP contribution in [-0.2, 0) is 13.7 Å². The average molecular weight is 398 g/mol. The lowest BCUT2D eigenvalue weighted by atomic mass is 10.2. The molecular weight excluding hydrogens is 374 g/mol. The summed E-state index contributed by atoms with van der Waals surface area (Å²) in [6.45, 7) is 4.22. The SMILES string of the molecule is COc1ccccc1-c1nn(CN2CCN(c3ncccn3)CC2)c(=S)n1C. The first-order chi connectivity index (χ1) is 13.7. The number of para-hydroxylation sites is 1. The summed E-state index contributed by atoms with van der Waals surface area (Å²) in [5, 5.41) is 4.77. The van der Waals surface area contributed by atoms with Gasteiger partial charge in [0, 0.05) is 45.6 Å². The molecule has 1 aliphatic heterocycles. The van der Waals surface area contributed by atoms with E-state index in [1.807, 2.05) is 46.6 Å². The van der Waals surface area contributed by atoms with Crippen LogP contribution in [0.5, 0.6) is 5.75 Å². The van der Waals surface area contributed by atoms with Crippen LogP contribution in [0.25, 0.3) is 11.4 Å². The summed E-state index contributed by atoms with van der Waals surface area (Å²) in [6, 6.07) is 9.69. The maximum atomic E-state index is 5.63. The number of hydrogen-bond donors (Lipinski definition) is 0. The van der Waals surface area contributed by atoms with Gasteiger partial charge in [0.2, 0.25) is 5.95 Å². The number of nitrogens with zero attached hydrogens (tertiary/aromatic N) is 7. The second kappa shape index (κ2) is 8.07. The van der Waals surface area contributed by atoms with Gasteiger partial charge < -0.3 is 14.2 Å². The molecule has 1 saturated heterocycles. The Morgan fingerprint density at radius 2 is 1.75 bits per heavy atom. The Bertz CT molecular complexity index is 993. The van der Waals surface area contributed by atoms with Crippen molar-refractivity contribution >= 4 is 18.2 Å². The predicted molar refractivity (Wildman–Crippen MR) is 110 cm³/mol. The lowest BCUT2D eigenvalue weighted by molar-refractivity contribution is 0.193. The molecule has 3 heterocycles. The van der Waals surface area contributed by atoms with Gasteiger partial charge >= 0.3 is 0 Å². The normalized spacial score (nSPS) is 15.0. The first kappa shape index (κ1) is 18.6. The maximum absolute atomic E-state index is 5.63. The van der Waals surface area contributed by atoms with Crippen LogP contribution in [0.2, 0.25) is 0 Å². The molecule has 8 nitrogen and oxygen atoms in total. The molecule has 0 aliphatic carbocycles. The minimum Gasteiger partial charge on any atom is -0.496 e. The molecule has 2 aromatic heterocycles. The number of benzene rings is 1. The van der Waals surface area contributed by atoms with Crippen molar-refractivity contribution in [2.75, 3.05) is 38.2 Å². The van der Waals surface area contributed by atoms with Crippen molar-refractivity contribution in [3.63, 3.8) is 0 Å². The monoisotopic (exact) mass is 397 g/mol. The first-order valence-corrected chi connectivity index (χ1v) is 9.59. The fraction of sp³-hybridized carbons (Fsp3) is 0.368. The summed E-state index contributed by atoms with van der Waals surface area (Å²) in [4.78, 5) is 13.2. The average Bonchev–Trinajstić information content (AvgIpc) is 3.03. The first-order valence-electron chi connectivity index (χ1n) is 9.19. The van der Waals surface area contributed by atoms with Gasteiger partial charge in [0.25, 0.3) is 0 Å². The summed E-state index contributed by atoms with van der Waals surface area (Å²) < 4.78 is 9.99. The van der Waals surface area contributed by atoms with Crippen LogP contribution < -0.4 is 9.64 Å². The zero-order valence-electron chi connectivity index (χ0n) is 16.0. The highest BCUT2D eigenvalue weighted by atomic mass is 32.1. The van der Waals surface area contributed by atoms with Crippen LogP contribution >= 0.6 is 12.2 Å². The second-order valence-corrected chi connectivity index (χ2v) is 7.03. The van der Waals surface area contributed by atoms with Gasteiger partial charge in [-0.25, -0.2) is 14.6 Å². The van der Waals surface area contributed by atoms with E-state index in [0.717, 1.165) is 49.3 Å². The molecule has 0 atom stereocenters. The molecule has 0 radical (unpaired) electrons. The molecule has 1 aromatic carbocycles. The molecule has 0 amide bonds. The Hall–Kier alpha value is -2.78. The van der Waals surface area contributed by atoms with E-state index >= 15 is 0 Å². The molecular formula is C19H23N7OS. The number of aromatic nitrogens is 5. The number of methoxy groups -OCH3 is 1. The molecule has 3 aromatic rings. The van der Waals surface area contributed by atoms with E-state index < -0.39 is 0 Å². The maximum Gasteiger partial charge on any atom is 0.225 e. The van der Waals surface area contributed by atoms with Crippen molar-refractivity contribution in [2.45, 2.75) is 6.67 Å². The second-order valence-electron chi connectivity index (χ2n) is 6.66. The van der Waals surface area contributed by atoms with Crippen LogP contribution in [0.1, 0.15) is 0 Å². The van der Waals surface area contributed by atoms with E-state index in [-0.39, 0.29) is 0 Å². The van der Waals surface area contributed by atoms with E-state index in [2.05, 4.69) is 19.8 Å². The molecule has 28 heavy (non-hydrogen) atoms. The predicted octanol–water partition coefficient (Wildman–Crippen LogP) is 2.20. The Labute approximate surface area is 169 Å². The summed E-state index contributed by atoms with van der Waals surface area (Å²) in [6.07, 6.45) is 3.56. The van der Waals surface area contributed by atoms with E-state index in [1.54, 1.807) is 19.5 Å². The minimum atomic E-state index is 0.658. The van der Waals surface area contributed by atoms with Crippen LogP contribution in [0.15, 0.2) is 42.7 Å². The molecule has 0 saturated carbocycles. The molecule has 1 aliphatic rings. The van der Waals surface area contributed by atoms with Gasteiger partial charge in [0.1, 0.15) is 5.75 Å². The van der Waals surface area contributed by atoms with E-state index in [0.29, 0.717) is 11.4 Å². The van der Waals surface area contributed by atoms with Crippen LogP contribution in [-0.4, -0.2) is 62.5 Å². The number of piperazine rings is 1. The minimum absolute atomic E-state index is 0.658.